The first kappa shape index (κ1) is 10.2. The number of hydrogen-bond acceptors (Lipinski definition) is 3. The largest absolute Gasteiger partial charge is 0.507 e. The van der Waals surface area contributed by atoms with Crippen molar-refractivity contribution >= 4 is 0 Å². The molecule has 1 heterocycles. The van der Waals surface area contributed by atoms with Crippen molar-refractivity contribution in [2.45, 2.75) is 0 Å². The molecule has 16 heavy (non-hydrogen) atoms. The fourth-order valence-corrected chi connectivity index (χ4v) is 1.33. The van der Waals surface area contributed by atoms with E-state index in [1.54, 1.807) is 0 Å². The van der Waals surface area contributed by atoms with Crippen molar-refractivity contribution in [1.29, 1.82) is 0 Å². The molecule has 2 aromatic rings. The van der Waals surface area contributed by atoms with Crippen LogP contribution >= 0.6 is 0 Å². The van der Waals surface area contributed by atoms with E-state index in [0.29, 0.717) is 0 Å². The normalized spacial score (nSPS) is 10.3. The summed E-state index contributed by atoms with van der Waals surface area (Å²) in [5.74, 6) is -0.822. The lowest BCUT2D eigenvalue weighted by atomic mass is 10.1. The molecule has 0 atom stereocenters. The van der Waals surface area contributed by atoms with Crippen molar-refractivity contribution in [2.24, 2.45) is 0 Å². The standard InChI is InChI=1S/C10H7FN2O3/c11-5-1-2-8(14)6(3-5)7-4-12-10(16)13-9(7)15/h1-4,14H,(H2,12,13,15,16). The van der Waals surface area contributed by atoms with Crippen LogP contribution in [0.25, 0.3) is 11.1 Å². The second kappa shape index (κ2) is 3.65. The molecular formula is C10H7FN2O3. The van der Waals surface area contributed by atoms with Crippen LogP contribution in [0.1, 0.15) is 0 Å². The Labute approximate surface area is 88.2 Å². The number of benzene rings is 1. The Morgan fingerprint density at radius 3 is 2.62 bits per heavy atom. The van der Waals surface area contributed by atoms with E-state index in [9.17, 15) is 19.1 Å². The number of halogens is 1. The molecule has 1 aromatic carbocycles. The molecule has 1 aromatic heterocycles. The van der Waals surface area contributed by atoms with Gasteiger partial charge in [0.15, 0.2) is 0 Å². The third-order valence-corrected chi connectivity index (χ3v) is 2.07. The minimum atomic E-state index is -0.690. The maximum Gasteiger partial charge on any atom is 0.325 e. The summed E-state index contributed by atoms with van der Waals surface area (Å²) >= 11 is 0. The lowest BCUT2D eigenvalue weighted by Gasteiger charge is -2.02. The number of aromatic hydroxyl groups is 1. The second-order valence-corrected chi connectivity index (χ2v) is 3.15. The van der Waals surface area contributed by atoms with Crippen LogP contribution in [0.15, 0.2) is 34.0 Å². The van der Waals surface area contributed by atoms with Crippen LogP contribution in [0.2, 0.25) is 0 Å². The maximum atomic E-state index is 12.9. The van der Waals surface area contributed by atoms with Crippen molar-refractivity contribution in [2.75, 3.05) is 0 Å². The predicted octanol–water partition coefficient (Wildman–Crippen LogP) is 0.575. The molecule has 2 rings (SSSR count). The van der Waals surface area contributed by atoms with Gasteiger partial charge in [0.2, 0.25) is 0 Å². The molecule has 0 saturated carbocycles. The molecule has 0 amide bonds. The highest BCUT2D eigenvalue weighted by Crippen LogP contribution is 2.26. The highest BCUT2D eigenvalue weighted by atomic mass is 19.1. The summed E-state index contributed by atoms with van der Waals surface area (Å²) in [5, 5.41) is 9.47. The van der Waals surface area contributed by atoms with E-state index >= 15 is 0 Å². The van der Waals surface area contributed by atoms with Gasteiger partial charge in [-0.3, -0.25) is 9.78 Å². The van der Waals surface area contributed by atoms with Crippen molar-refractivity contribution < 1.29 is 9.50 Å². The number of hydrogen-bond donors (Lipinski definition) is 3. The predicted molar refractivity (Wildman–Crippen MR) is 54.7 cm³/mol. The smallest absolute Gasteiger partial charge is 0.325 e. The summed E-state index contributed by atoms with van der Waals surface area (Å²) in [4.78, 5) is 26.4. The van der Waals surface area contributed by atoms with Gasteiger partial charge in [-0.2, -0.15) is 0 Å². The molecule has 0 bridgehead atoms. The molecule has 5 nitrogen and oxygen atoms in total. The molecule has 0 fully saturated rings. The summed E-state index contributed by atoms with van der Waals surface area (Å²) in [6, 6.07) is 3.21. The maximum absolute atomic E-state index is 12.9. The van der Waals surface area contributed by atoms with Gasteiger partial charge in [0.25, 0.3) is 5.56 Å². The molecular weight excluding hydrogens is 215 g/mol. The number of rotatable bonds is 1. The van der Waals surface area contributed by atoms with Crippen molar-refractivity contribution in [3.8, 4) is 16.9 Å². The number of phenolic OH excluding ortho intramolecular Hbond substituents is 1. The number of phenols is 1. The number of H-pyrrole nitrogens is 2. The molecule has 0 radical (unpaired) electrons. The van der Waals surface area contributed by atoms with Crippen LogP contribution in [-0.4, -0.2) is 15.1 Å². The molecule has 82 valence electrons. The van der Waals surface area contributed by atoms with Crippen molar-refractivity contribution in [3.63, 3.8) is 0 Å². The highest BCUT2D eigenvalue weighted by Gasteiger charge is 2.09. The molecule has 0 aliphatic heterocycles. The summed E-state index contributed by atoms with van der Waals surface area (Å²) in [6.07, 6.45) is 1.12. The van der Waals surface area contributed by atoms with Crippen LogP contribution in [0, 0.1) is 5.82 Å². The van der Waals surface area contributed by atoms with E-state index in [-0.39, 0.29) is 16.9 Å². The topological polar surface area (TPSA) is 85.9 Å². The number of aromatic nitrogens is 2. The van der Waals surface area contributed by atoms with E-state index in [4.69, 9.17) is 0 Å². The third-order valence-electron chi connectivity index (χ3n) is 2.07. The second-order valence-electron chi connectivity index (χ2n) is 3.15. The van der Waals surface area contributed by atoms with Gasteiger partial charge < -0.3 is 10.1 Å². The lowest BCUT2D eigenvalue weighted by Crippen LogP contribution is -2.22. The SMILES string of the molecule is O=c1[nH]cc(-c2cc(F)ccc2O)c(=O)[nH]1. The fourth-order valence-electron chi connectivity index (χ4n) is 1.33. The minimum absolute atomic E-state index is 0.00315. The average molecular weight is 222 g/mol. The van der Waals surface area contributed by atoms with Crippen LogP contribution < -0.4 is 11.2 Å². The van der Waals surface area contributed by atoms with Crippen LogP contribution in [0.3, 0.4) is 0 Å². The zero-order valence-electron chi connectivity index (χ0n) is 7.95. The van der Waals surface area contributed by atoms with E-state index < -0.39 is 17.1 Å². The summed E-state index contributed by atoms with van der Waals surface area (Å²) in [6.45, 7) is 0. The average Bonchev–Trinajstić information content (AvgIpc) is 2.22. The Kier molecular flexibility index (Phi) is 2.32. The Morgan fingerprint density at radius 2 is 1.94 bits per heavy atom. The summed E-state index contributed by atoms with van der Waals surface area (Å²) < 4.78 is 12.9. The number of nitrogens with one attached hydrogen (secondary N) is 2. The molecule has 6 heteroatoms. The lowest BCUT2D eigenvalue weighted by molar-refractivity contribution is 0.475. The Balaban J connectivity index is 2.72. The quantitative estimate of drug-likeness (QED) is 0.659. The van der Waals surface area contributed by atoms with Gasteiger partial charge in [0.05, 0.1) is 5.56 Å². The zero-order valence-corrected chi connectivity index (χ0v) is 7.95. The van der Waals surface area contributed by atoms with Gasteiger partial charge in [-0.05, 0) is 18.2 Å². The first-order valence-corrected chi connectivity index (χ1v) is 4.39. The van der Waals surface area contributed by atoms with Crippen molar-refractivity contribution in [3.05, 3.63) is 51.1 Å². The van der Waals surface area contributed by atoms with Gasteiger partial charge in [-0.1, -0.05) is 0 Å². The van der Waals surface area contributed by atoms with E-state index in [2.05, 4.69) is 4.98 Å². The molecule has 0 saturated heterocycles. The van der Waals surface area contributed by atoms with Gasteiger partial charge >= 0.3 is 5.69 Å². The van der Waals surface area contributed by atoms with Gasteiger partial charge in [-0.15, -0.1) is 0 Å². The summed E-state index contributed by atoms with van der Waals surface area (Å²) in [7, 11) is 0. The summed E-state index contributed by atoms with van der Waals surface area (Å²) in [5.41, 5.74) is -1.33. The first-order chi connectivity index (χ1) is 7.58. The third kappa shape index (κ3) is 1.72. The van der Waals surface area contributed by atoms with Crippen LogP contribution in [0.5, 0.6) is 5.75 Å². The van der Waals surface area contributed by atoms with Crippen molar-refractivity contribution in [1.82, 2.24) is 9.97 Å². The number of aromatic amines is 2. The monoisotopic (exact) mass is 222 g/mol. The van der Waals surface area contributed by atoms with Crippen LogP contribution in [-0.2, 0) is 0 Å². The van der Waals surface area contributed by atoms with Gasteiger partial charge in [0, 0.05) is 11.8 Å². The van der Waals surface area contributed by atoms with E-state index in [0.717, 1.165) is 24.4 Å². The zero-order chi connectivity index (χ0) is 11.7. The van der Waals surface area contributed by atoms with E-state index in [1.165, 1.54) is 0 Å². The highest BCUT2D eigenvalue weighted by molar-refractivity contribution is 5.68. The fraction of sp³-hybridized carbons (Fsp3) is 0. The molecule has 0 aliphatic carbocycles. The van der Waals surface area contributed by atoms with Gasteiger partial charge in [-0.25, -0.2) is 9.18 Å². The van der Waals surface area contributed by atoms with Crippen LogP contribution in [0.4, 0.5) is 4.39 Å². The Bertz CT molecular complexity index is 645. The first-order valence-electron chi connectivity index (χ1n) is 4.39. The Hall–Kier alpha value is -2.37. The Morgan fingerprint density at radius 1 is 1.19 bits per heavy atom. The molecule has 0 aliphatic rings. The van der Waals surface area contributed by atoms with E-state index in [1.807, 2.05) is 4.98 Å². The molecule has 3 N–H and O–H groups in total. The molecule has 0 spiro atoms. The minimum Gasteiger partial charge on any atom is -0.507 e. The van der Waals surface area contributed by atoms with Gasteiger partial charge in [0.1, 0.15) is 11.6 Å². The molecule has 0 unspecified atom stereocenters.